The number of nitrogens with zero attached hydrogens (tertiary/aromatic N) is 3. The van der Waals surface area contributed by atoms with Gasteiger partial charge in [-0.05, 0) is 37.1 Å². The lowest BCUT2D eigenvalue weighted by atomic mass is 10.0. The van der Waals surface area contributed by atoms with Crippen molar-refractivity contribution in [2.45, 2.75) is 31.7 Å². The van der Waals surface area contributed by atoms with E-state index in [2.05, 4.69) is 20.6 Å². The van der Waals surface area contributed by atoms with Gasteiger partial charge in [-0.3, -0.25) is 4.79 Å². The normalized spacial score (nSPS) is 13.8. The average Bonchev–Trinajstić information content (AvgIpc) is 3.49. The van der Waals surface area contributed by atoms with E-state index in [-0.39, 0.29) is 17.6 Å². The number of ketones is 1. The van der Waals surface area contributed by atoms with Crippen molar-refractivity contribution in [3.05, 3.63) is 77.2 Å². The highest BCUT2D eigenvalue weighted by Gasteiger charge is 2.26. The summed E-state index contributed by atoms with van der Waals surface area (Å²) in [7, 11) is 0. The average molecular weight is 475 g/mol. The number of rotatable bonds is 5. The Balaban J connectivity index is 1.49. The predicted octanol–water partition coefficient (Wildman–Crippen LogP) is 5.66. The van der Waals surface area contributed by atoms with Gasteiger partial charge in [-0.15, -0.1) is 0 Å². The molecule has 0 saturated heterocycles. The molecule has 0 unspecified atom stereocenters. The zero-order valence-electron chi connectivity index (χ0n) is 18.3. The maximum atomic E-state index is 13.7. The first kappa shape index (κ1) is 21.9. The number of urea groups is 1. The smallest absolute Gasteiger partial charge is 0.323 e. The Hall–Kier alpha value is -3.91. The van der Waals surface area contributed by atoms with Gasteiger partial charge in [0.05, 0.1) is 27.3 Å². The van der Waals surface area contributed by atoms with Gasteiger partial charge in [-0.25, -0.2) is 14.8 Å². The summed E-state index contributed by atoms with van der Waals surface area (Å²) in [6.45, 7) is 0. The van der Waals surface area contributed by atoms with E-state index in [0.717, 1.165) is 25.7 Å². The monoisotopic (exact) mass is 474 g/mol. The van der Waals surface area contributed by atoms with Crippen molar-refractivity contribution in [2.24, 2.45) is 0 Å². The minimum absolute atomic E-state index is 0.256. The predicted molar refractivity (Wildman–Crippen MR) is 133 cm³/mol. The number of halogens is 1. The molecule has 2 amide bonds. The van der Waals surface area contributed by atoms with Crippen molar-refractivity contribution in [2.75, 3.05) is 16.4 Å². The third kappa shape index (κ3) is 4.08. The van der Waals surface area contributed by atoms with Crippen LogP contribution in [0.1, 0.15) is 47.6 Å². The van der Waals surface area contributed by atoms with Crippen LogP contribution in [0.15, 0.2) is 61.1 Å². The highest BCUT2D eigenvalue weighted by atomic mass is 35.5. The third-order valence-corrected chi connectivity index (χ3v) is 6.47. The summed E-state index contributed by atoms with van der Waals surface area (Å²) in [5.41, 5.74) is 8.45. The molecule has 0 aliphatic heterocycles. The molecule has 0 bridgehead atoms. The zero-order valence-corrected chi connectivity index (χ0v) is 19.0. The summed E-state index contributed by atoms with van der Waals surface area (Å²) in [6, 6.07) is 13.5. The Morgan fingerprint density at radius 1 is 0.941 bits per heavy atom. The van der Waals surface area contributed by atoms with Gasteiger partial charge < -0.3 is 20.9 Å². The van der Waals surface area contributed by atoms with Gasteiger partial charge in [-0.1, -0.05) is 48.7 Å². The molecule has 172 valence electrons. The first-order chi connectivity index (χ1) is 16.5. The van der Waals surface area contributed by atoms with E-state index in [4.69, 9.17) is 17.3 Å². The van der Waals surface area contributed by atoms with E-state index in [1.807, 2.05) is 10.8 Å². The Morgan fingerprint density at radius 3 is 2.38 bits per heavy atom. The van der Waals surface area contributed by atoms with Crippen LogP contribution in [-0.4, -0.2) is 26.3 Å². The minimum atomic E-state index is -0.510. The molecule has 34 heavy (non-hydrogen) atoms. The van der Waals surface area contributed by atoms with Crippen LogP contribution in [0.3, 0.4) is 0 Å². The molecule has 1 aliphatic carbocycles. The highest BCUT2D eigenvalue weighted by Crippen LogP contribution is 2.36. The number of fused-ring (bicyclic) bond motifs is 1. The fourth-order valence-corrected chi connectivity index (χ4v) is 4.70. The second-order valence-corrected chi connectivity index (χ2v) is 8.69. The van der Waals surface area contributed by atoms with Gasteiger partial charge >= 0.3 is 6.03 Å². The Morgan fingerprint density at radius 2 is 1.62 bits per heavy atom. The molecule has 2 heterocycles. The van der Waals surface area contributed by atoms with Crippen LogP contribution in [0.4, 0.5) is 22.0 Å². The maximum absolute atomic E-state index is 13.7. The van der Waals surface area contributed by atoms with Crippen molar-refractivity contribution in [1.82, 2.24) is 14.5 Å². The molecule has 1 fully saturated rings. The second kappa shape index (κ2) is 9.15. The minimum Gasteiger partial charge on any atom is -0.383 e. The van der Waals surface area contributed by atoms with Crippen LogP contribution in [-0.2, 0) is 0 Å². The van der Waals surface area contributed by atoms with E-state index >= 15 is 0 Å². The highest BCUT2D eigenvalue weighted by molar-refractivity contribution is 6.33. The number of carbonyl (C=O) groups excluding carboxylic acids is 2. The van der Waals surface area contributed by atoms with Gasteiger partial charge in [0.2, 0.25) is 0 Å². The maximum Gasteiger partial charge on any atom is 0.323 e. The topological polar surface area (TPSA) is 115 Å². The second-order valence-electron chi connectivity index (χ2n) is 8.28. The molecule has 1 aliphatic rings. The summed E-state index contributed by atoms with van der Waals surface area (Å²) < 4.78 is 2.05. The number of nitrogens with one attached hydrogen (secondary N) is 2. The van der Waals surface area contributed by atoms with Gasteiger partial charge in [0.1, 0.15) is 17.8 Å². The summed E-state index contributed by atoms with van der Waals surface area (Å²) >= 11 is 6.14. The number of aromatic nitrogens is 3. The summed E-state index contributed by atoms with van der Waals surface area (Å²) in [6.07, 6.45) is 7.59. The lowest BCUT2D eigenvalue weighted by Gasteiger charge is -2.12. The summed E-state index contributed by atoms with van der Waals surface area (Å²) in [5, 5.41) is 6.42. The number of para-hydroxylation sites is 2. The molecule has 2 aromatic heterocycles. The van der Waals surface area contributed by atoms with Gasteiger partial charge in [0.25, 0.3) is 0 Å². The first-order valence-electron chi connectivity index (χ1n) is 11.1. The van der Waals surface area contributed by atoms with Crippen LogP contribution >= 0.6 is 11.6 Å². The largest absolute Gasteiger partial charge is 0.383 e. The fraction of sp³-hybridized carbons (Fsp3) is 0.200. The molecule has 4 N–H and O–H groups in total. The lowest BCUT2D eigenvalue weighted by Crippen LogP contribution is -2.21. The Bertz CT molecular complexity index is 1390. The molecular formula is C25H23ClN6O2. The Labute approximate surface area is 201 Å². The van der Waals surface area contributed by atoms with Crippen molar-refractivity contribution < 1.29 is 9.59 Å². The van der Waals surface area contributed by atoms with Crippen LogP contribution in [0, 0.1) is 0 Å². The molecule has 5 rings (SSSR count). The standard InChI is InChI=1S/C25H23ClN6O2/c26-18-10-4-6-12-20(18)31-25(34)30-19-11-5-3-9-16(19)22(33)17-13-32(15-7-1-2-8-15)24-21(17)23(27)28-14-29-24/h3-6,9-15H,1-2,7-8H2,(H2,27,28,29)(H2,30,31,34). The molecule has 2 aromatic carbocycles. The molecule has 0 spiro atoms. The number of benzene rings is 2. The molecule has 4 aromatic rings. The molecule has 9 heteroatoms. The van der Waals surface area contributed by atoms with E-state index in [0.29, 0.717) is 38.6 Å². The number of nitrogens with two attached hydrogens (primary N) is 1. The number of nitrogen functional groups attached to an aromatic ring is 1. The van der Waals surface area contributed by atoms with Gasteiger partial charge in [0, 0.05) is 17.8 Å². The van der Waals surface area contributed by atoms with Crippen molar-refractivity contribution in [1.29, 1.82) is 0 Å². The van der Waals surface area contributed by atoms with E-state index in [1.165, 1.54) is 6.33 Å². The first-order valence-corrected chi connectivity index (χ1v) is 11.5. The number of hydrogen-bond donors (Lipinski definition) is 3. The fourth-order valence-electron chi connectivity index (χ4n) is 4.51. The number of carbonyl (C=O) groups is 2. The third-order valence-electron chi connectivity index (χ3n) is 6.14. The quantitative estimate of drug-likeness (QED) is 0.323. The number of amides is 2. The summed E-state index contributed by atoms with van der Waals surface area (Å²) in [4.78, 5) is 34.9. The van der Waals surface area contributed by atoms with Crippen molar-refractivity contribution in [3.8, 4) is 0 Å². The molecule has 8 nitrogen and oxygen atoms in total. The molecular weight excluding hydrogens is 452 g/mol. The van der Waals surface area contributed by atoms with Crippen molar-refractivity contribution in [3.63, 3.8) is 0 Å². The van der Waals surface area contributed by atoms with Crippen LogP contribution in [0.25, 0.3) is 11.0 Å². The van der Waals surface area contributed by atoms with Gasteiger partial charge in [-0.2, -0.15) is 0 Å². The lowest BCUT2D eigenvalue weighted by molar-refractivity contribution is 0.104. The van der Waals surface area contributed by atoms with Crippen LogP contribution in [0.2, 0.25) is 5.02 Å². The van der Waals surface area contributed by atoms with Gasteiger partial charge in [0.15, 0.2) is 5.78 Å². The SMILES string of the molecule is Nc1ncnc2c1c(C(=O)c1ccccc1NC(=O)Nc1ccccc1Cl)cn2C1CCCC1. The number of anilines is 3. The molecule has 0 atom stereocenters. The molecule has 1 saturated carbocycles. The van der Waals surface area contributed by atoms with Crippen molar-refractivity contribution >= 4 is 51.6 Å². The zero-order chi connectivity index (χ0) is 23.7. The van der Waals surface area contributed by atoms with E-state index in [9.17, 15) is 9.59 Å². The summed E-state index contributed by atoms with van der Waals surface area (Å²) in [5.74, 6) is -0.0103. The van der Waals surface area contributed by atoms with E-state index < -0.39 is 6.03 Å². The van der Waals surface area contributed by atoms with Crippen LogP contribution in [0.5, 0.6) is 0 Å². The molecule has 0 radical (unpaired) electrons. The van der Waals surface area contributed by atoms with Crippen LogP contribution < -0.4 is 16.4 Å². The Kier molecular flexibility index (Phi) is 5.90. The van der Waals surface area contributed by atoms with E-state index in [1.54, 1.807) is 48.5 Å². The number of hydrogen-bond acceptors (Lipinski definition) is 5.